The molecule has 208 valence electrons. The standard InChI is InChI=1S/C32H33ClFN3O2S/c1-35(2)24-13-15-26(16-14-24)37(32(39)31-30(33)27-6-4-5-7-29(27)40-31)19-23-18-22(10-17-28(23)34)21-8-11-25(12-9-21)36(3)20-38/h4-12,17-18,20,24,26H,13-16,19H2,1-3H3. The molecular formula is C32H33ClFN3O2S. The van der Waals surface area contributed by atoms with E-state index in [0.29, 0.717) is 21.5 Å². The Morgan fingerprint density at radius 2 is 1.60 bits per heavy atom. The van der Waals surface area contributed by atoms with Crippen molar-refractivity contribution in [3.63, 3.8) is 0 Å². The quantitative estimate of drug-likeness (QED) is 0.204. The third-order valence-corrected chi connectivity index (χ3v) is 9.64. The summed E-state index contributed by atoms with van der Waals surface area (Å²) < 4.78 is 16.3. The zero-order valence-electron chi connectivity index (χ0n) is 22.9. The Morgan fingerprint density at radius 1 is 0.950 bits per heavy atom. The number of nitrogens with zero attached hydrogens (tertiary/aromatic N) is 3. The van der Waals surface area contributed by atoms with Gasteiger partial charge in [0, 0.05) is 47.0 Å². The molecule has 5 nitrogen and oxygen atoms in total. The number of carbonyl (C=O) groups is 2. The van der Waals surface area contributed by atoms with Gasteiger partial charge in [0.15, 0.2) is 0 Å². The molecule has 1 fully saturated rings. The number of anilines is 1. The Labute approximate surface area is 243 Å². The fourth-order valence-electron chi connectivity index (χ4n) is 5.54. The number of carbonyl (C=O) groups excluding carboxylic acids is 2. The van der Waals surface area contributed by atoms with Gasteiger partial charge in [-0.1, -0.05) is 48.0 Å². The van der Waals surface area contributed by atoms with Crippen LogP contribution in [-0.4, -0.2) is 55.3 Å². The van der Waals surface area contributed by atoms with E-state index in [-0.39, 0.29) is 24.3 Å². The number of hydrogen-bond acceptors (Lipinski definition) is 4. The molecule has 1 aliphatic carbocycles. The van der Waals surface area contributed by atoms with Crippen LogP contribution in [0.2, 0.25) is 5.02 Å². The molecule has 2 amide bonds. The second-order valence-corrected chi connectivity index (χ2v) is 12.1. The molecule has 0 saturated heterocycles. The van der Waals surface area contributed by atoms with Crippen molar-refractivity contribution in [2.75, 3.05) is 26.0 Å². The topological polar surface area (TPSA) is 43.9 Å². The fraction of sp³-hybridized carbons (Fsp3) is 0.312. The highest BCUT2D eigenvalue weighted by Crippen LogP contribution is 2.38. The van der Waals surface area contributed by atoms with Gasteiger partial charge in [0.1, 0.15) is 10.7 Å². The SMILES string of the molecule is CN(C=O)c1ccc(-c2ccc(F)c(CN(C(=O)c3sc4ccccc4c3Cl)C3CCC(N(C)C)CC3)c2)cc1. The van der Waals surface area contributed by atoms with Crippen molar-refractivity contribution in [3.8, 4) is 11.1 Å². The Hall–Kier alpha value is -3.26. The molecule has 0 bridgehead atoms. The molecule has 3 aromatic carbocycles. The van der Waals surface area contributed by atoms with Crippen molar-refractivity contribution in [2.45, 2.75) is 44.3 Å². The van der Waals surface area contributed by atoms with Crippen LogP contribution in [-0.2, 0) is 11.3 Å². The van der Waals surface area contributed by atoms with E-state index in [4.69, 9.17) is 11.6 Å². The first-order valence-electron chi connectivity index (χ1n) is 13.5. The van der Waals surface area contributed by atoms with E-state index in [0.717, 1.165) is 59.0 Å². The van der Waals surface area contributed by atoms with Crippen LogP contribution >= 0.6 is 22.9 Å². The molecule has 1 heterocycles. The lowest BCUT2D eigenvalue weighted by Crippen LogP contribution is -2.44. The molecule has 1 aromatic heterocycles. The van der Waals surface area contributed by atoms with Gasteiger partial charge in [-0.05, 0) is 81.2 Å². The van der Waals surface area contributed by atoms with Gasteiger partial charge in [0.2, 0.25) is 6.41 Å². The number of benzene rings is 3. The molecule has 5 rings (SSSR count). The number of thiophene rings is 1. The van der Waals surface area contributed by atoms with E-state index < -0.39 is 0 Å². The number of amides is 2. The van der Waals surface area contributed by atoms with Crippen molar-refractivity contribution < 1.29 is 14.0 Å². The molecule has 40 heavy (non-hydrogen) atoms. The molecule has 1 saturated carbocycles. The first-order valence-corrected chi connectivity index (χ1v) is 14.7. The van der Waals surface area contributed by atoms with Gasteiger partial charge < -0.3 is 14.7 Å². The summed E-state index contributed by atoms with van der Waals surface area (Å²) in [5.74, 6) is -0.492. The molecule has 4 aromatic rings. The second-order valence-electron chi connectivity index (χ2n) is 10.7. The van der Waals surface area contributed by atoms with Crippen molar-refractivity contribution in [1.29, 1.82) is 0 Å². The minimum Gasteiger partial charge on any atom is -0.330 e. The maximum atomic E-state index is 15.3. The monoisotopic (exact) mass is 577 g/mol. The van der Waals surface area contributed by atoms with Crippen LogP contribution in [0.1, 0.15) is 40.9 Å². The molecule has 0 radical (unpaired) electrons. The van der Waals surface area contributed by atoms with E-state index in [2.05, 4.69) is 19.0 Å². The first-order chi connectivity index (χ1) is 19.3. The number of hydrogen-bond donors (Lipinski definition) is 0. The zero-order chi connectivity index (χ0) is 28.4. The molecule has 0 unspecified atom stereocenters. The molecule has 0 atom stereocenters. The van der Waals surface area contributed by atoms with Gasteiger partial charge in [-0.25, -0.2) is 4.39 Å². The Kier molecular flexibility index (Phi) is 8.54. The van der Waals surface area contributed by atoms with Crippen molar-refractivity contribution >= 4 is 51.0 Å². The summed E-state index contributed by atoms with van der Waals surface area (Å²) in [5, 5.41) is 1.33. The van der Waals surface area contributed by atoms with E-state index in [1.807, 2.05) is 59.5 Å². The van der Waals surface area contributed by atoms with Crippen LogP contribution in [0.15, 0.2) is 66.7 Å². The van der Waals surface area contributed by atoms with Crippen LogP contribution in [0.3, 0.4) is 0 Å². The molecule has 0 aliphatic heterocycles. The first kappa shape index (κ1) is 28.3. The minimum atomic E-state index is -0.344. The van der Waals surface area contributed by atoms with Crippen molar-refractivity contribution in [1.82, 2.24) is 9.80 Å². The smallest absolute Gasteiger partial charge is 0.266 e. The number of fused-ring (bicyclic) bond motifs is 1. The maximum absolute atomic E-state index is 15.3. The third-order valence-electron chi connectivity index (χ3n) is 7.98. The lowest BCUT2D eigenvalue weighted by molar-refractivity contribution is -0.107. The summed E-state index contributed by atoms with van der Waals surface area (Å²) >= 11 is 8.14. The number of halogens is 2. The van der Waals surface area contributed by atoms with Crippen LogP contribution in [0.5, 0.6) is 0 Å². The highest BCUT2D eigenvalue weighted by atomic mass is 35.5. The minimum absolute atomic E-state index is 0.00815. The van der Waals surface area contributed by atoms with Crippen LogP contribution in [0, 0.1) is 5.82 Å². The van der Waals surface area contributed by atoms with E-state index in [1.165, 1.54) is 22.3 Å². The average molecular weight is 578 g/mol. The highest BCUT2D eigenvalue weighted by Gasteiger charge is 2.32. The predicted molar refractivity (Wildman–Crippen MR) is 163 cm³/mol. The third kappa shape index (κ3) is 5.78. The van der Waals surface area contributed by atoms with Gasteiger partial charge in [0.05, 0.1) is 5.02 Å². The zero-order valence-corrected chi connectivity index (χ0v) is 24.5. The summed E-state index contributed by atoms with van der Waals surface area (Å²) in [6.45, 7) is 0.159. The molecule has 0 spiro atoms. The molecule has 0 N–H and O–H groups in total. The highest BCUT2D eigenvalue weighted by molar-refractivity contribution is 7.21. The normalized spacial score (nSPS) is 17.2. The summed E-state index contributed by atoms with van der Waals surface area (Å²) in [6, 6.07) is 20.8. The van der Waals surface area contributed by atoms with Crippen molar-refractivity contribution in [3.05, 3.63) is 88.0 Å². The van der Waals surface area contributed by atoms with Crippen LogP contribution < -0.4 is 4.90 Å². The molecular weight excluding hydrogens is 545 g/mol. The lowest BCUT2D eigenvalue weighted by atomic mass is 9.89. The summed E-state index contributed by atoms with van der Waals surface area (Å²) in [7, 11) is 5.88. The fourth-order valence-corrected chi connectivity index (χ4v) is 7.01. The lowest BCUT2D eigenvalue weighted by Gasteiger charge is -2.39. The van der Waals surface area contributed by atoms with E-state index >= 15 is 4.39 Å². The summed E-state index contributed by atoms with van der Waals surface area (Å²) in [4.78, 5) is 31.3. The van der Waals surface area contributed by atoms with Gasteiger partial charge >= 0.3 is 0 Å². The van der Waals surface area contributed by atoms with E-state index in [1.54, 1.807) is 13.1 Å². The summed E-state index contributed by atoms with van der Waals surface area (Å²) in [5.41, 5.74) is 2.99. The number of rotatable bonds is 8. The van der Waals surface area contributed by atoms with Crippen LogP contribution in [0.4, 0.5) is 10.1 Å². The average Bonchev–Trinajstić information content (AvgIpc) is 3.32. The van der Waals surface area contributed by atoms with E-state index in [9.17, 15) is 9.59 Å². The van der Waals surface area contributed by atoms with Gasteiger partial charge in [-0.3, -0.25) is 9.59 Å². The molecule has 1 aliphatic rings. The maximum Gasteiger partial charge on any atom is 0.266 e. The second kappa shape index (κ2) is 12.1. The van der Waals surface area contributed by atoms with Crippen molar-refractivity contribution in [2.24, 2.45) is 0 Å². The van der Waals surface area contributed by atoms with Gasteiger partial charge in [0.25, 0.3) is 5.91 Å². The summed E-state index contributed by atoms with van der Waals surface area (Å²) in [6.07, 6.45) is 4.41. The van der Waals surface area contributed by atoms with Gasteiger partial charge in [-0.2, -0.15) is 0 Å². The Bertz CT molecular complexity index is 1510. The molecule has 8 heteroatoms. The largest absolute Gasteiger partial charge is 0.330 e. The van der Waals surface area contributed by atoms with Crippen LogP contribution in [0.25, 0.3) is 21.2 Å². The predicted octanol–water partition coefficient (Wildman–Crippen LogP) is 7.47. The Balaban J connectivity index is 1.48. The van der Waals surface area contributed by atoms with Gasteiger partial charge in [-0.15, -0.1) is 11.3 Å². The Morgan fingerprint density at radius 3 is 2.25 bits per heavy atom.